The predicted octanol–water partition coefficient (Wildman–Crippen LogP) is 4.44. The Bertz CT molecular complexity index is 1500. The minimum Gasteiger partial charge on any atom is -0.491 e. The number of nitrogens with one attached hydrogen (secondary N) is 1. The highest BCUT2D eigenvalue weighted by atomic mass is 32.2. The average Bonchev–Trinajstić information content (AvgIpc) is 3.38. The topological polar surface area (TPSA) is 161 Å². The van der Waals surface area contributed by atoms with Crippen LogP contribution in [0, 0.1) is 28.5 Å². The molecule has 12 heteroatoms. The van der Waals surface area contributed by atoms with Crippen LogP contribution in [0.4, 0.5) is 21.0 Å². The van der Waals surface area contributed by atoms with E-state index in [1.807, 2.05) is 11.4 Å². The second kappa shape index (κ2) is 12.4. The Balaban J connectivity index is 1.55. The maximum atomic E-state index is 13.1. The van der Waals surface area contributed by atoms with Gasteiger partial charge in [0.2, 0.25) is 0 Å². The largest absolute Gasteiger partial charge is 0.491 e. The number of halogens is 1. The van der Waals surface area contributed by atoms with Gasteiger partial charge in [0, 0.05) is 22.4 Å². The molecule has 0 aliphatic carbocycles. The first-order valence-corrected chi connectivity index (χ1v) is 13.0. The fraction of sp³-hybridized carbons (Fsp3) is 0.154. The number of rotatable bonds is 10. The van der Waals surface area contributed by atoms with Gasteiger partial charge in [-0.05, 0) is 42.0 Å². The van der Waals surface area contributed by atoms with Crippen LogP contribution in [-0.4, -0.2) is 39.5 Å². The summed E-state index contributed by atoms with van der Waals surface area (Å²) in [5.74, 6) is 0.528. The number of hydrogen-bond donors (Lipinski definition) is 4. The SMILES string of the molecule is N#Cc1c(N)nc(SCc2csc(Nc3ccc(F)cc3)n2)c(C#N)c1-c1ccc(OCC(O)CO)cc1. The molecule has 0 radical (unpaired) electrons. The van der Waals surface area contributed by atoms with Gasteiger partial charge in [-0.15, -0.1) is 11.3 Å². The van der Waals surface area contributed by atoms with Gasteiger partial charge in [-0.2, -0.15) is 10.5 Å². The molecule has 9 nitrogen and oxygen atoms in total. The Morgan fingerprint density at radius 2 is 1.79 bits per heavy atom. The van der Waals surface area contributed by atoms with Crippen LogP contribution in [0.1, 0.15) is 16.8 Å². The van der Waals surface area contributed by atoms with Gasteiger partial charge in [0.25, 0.3) is 0 Å². The zero-order chi connectivity index (χ0) is 27.1. The van der Waals surface area contributed by atoms with Crippen LogP contribution in [-0.2, 0) is 5.75 Å². The summed E-state index contributed by atoms with van der Waals surface area (Å²) in [7, 11) is 0. The van der Waals surface area contributed by atoms with Crippen LogP contribution in [0.5, 0.6) is 5.75 Å². The van der Waals surface area contributed by atoms with E-state index in [-0.39, 0.29) is 29.4 Å². The summed E-state index contributed by atoms with van der Waals surface area (Å²) in [6.07, 6.45) is -1.00. The molecule has 0 aliphatic heterocycles. The van der Waals surface area contributed by atoms with Crippen LogP contribution >= 0.6 is 23.1 Å². The van der Waals surface area contributed by atoms with E-state index in [2.05, 4.69) is 21.4 Å². The number of thioether (sulfide) groups is 1. The van der Waals surface area contributed by atoms with E-state index in [9.17, 15) is 20.0 Å². The number of ether oxygens (including phenoxy) is 1. The third-order valence-electron chi connectivity index (χ3n) is 5.22. The molecular weight excluding hydrogens is 527 g/mol. The van der Waals surface area contributed by atoms with Gasteiger partial charge in [0.1, 0.15) is 52.8 Å². The molecule has 4 aromatic rings. The molecule has 0 fully saturated rings. The Morgan fingerprint density at radius 3 is 2.45 bits per heavy atom. The van der Waals surface area contributed by atoms with Crippen LogP contribution < -0.4 is 15.8 Å². The summed E-state index contributed by atoms with van der Waals surface area (Å²) in [6.45, 7) is -0.498. The lowest BCUT2D eigenvalue weighted by atomic mass is 9.97. The molecule has 0 amide bonds. The normalized spacial score (nSPS) is 11.4. The minimum atomic E-state index is -1.00. The molecule has 0 spiro atoms. The number of nitriles is 2. The molecule has 2 heterocycles. The average molecular weight is 549 g/mol. The summed E-state index contributed by atoms with van der Waals surface area (Å²) in [5, 5.41) is 44.1. The van der Waals surface area contributed by atoms with Crippen molar-refractivity contribution in [3.05, 3.63) is 76.5 Å². The number of thiazole rings is 1. The van der Waals surface area contributed by atoms with Crippen molar-refractivity contribution >= 4 is 39.7 Å². The maximum absolute atomic E-state index is 13.1. The summed E-state index contributed by atoms with van der Waals surface area (Å²) in [5.41, 5.74) is 8.80. The van der Waals surface area contributed by atoms with Gasteiger partial charge in [-0.3, -0.25) is 0 Å². The number of hydrogen-bond acceptors (Lipinski definition) is 11. The van der Waals surface area contributed by atoms with Crippen molar-refractivity contribution < 1.29 is 19.3 Å². The van der Waals surface area contributed by atoms with Crippen LogP contribution in [0.15, 0.2) is 58.9 Å². The first kappa shape index (κ1) is 26.9. The smallest absolute Gasteiger partial charge is 0.187 e. The van der Waals surface area contributed by atoms with E-state index in [0.717, 1.165) is 5.69 Å². The summed E-state index contributed by atoms with van der Waals surface area (Å²) in [6, 6.07) is 16.8. The van der Waals surface area contributed by atoms with Crippen molar-refractivity contribution in [2.24, 2.45) is 0 Å². The number of aliphatic hydroxyl groups is 2. The van der Waals surface area contributed by atoms with E-state index in [0.29, 0.717) is 38.5 Å². The molecule has 192 valence electrons. The lowest BCUT2D eigenvalue weighted by Crippen LogP contribution is -2.21. The van der Waals surface area contributed by atoms with Crippen molar-refractivity contribution in [2.45, 2.75) is 16.9 Å². The molecular formula is C26H21FN6O3S2. The fourth-order valence-electron chi connectivity index (χ4n) is 3.38. The lowest BCUT2D eigenvalue weighted by molar-refractivity contribution is 0.0536. The first-order valence-electron chi connectivity index (χ1n) is 11.2. The highest BCUT2D eigenvalue weighted by molar-refractivity contribution is 7.98. The quantitative estimate of drug-likeness (QED) is 0.209. The van der Waals surface area contributed by atoms with E-state index >= 15 is 0 Å². The van der Waals surface area contributed by atoms with Gasteiger partial charge in [-0.1, -0.05) is 23.9 Å². The zero-order valence-electron chi connectivity index (χ0n) is 19.8. The van der Waals surface area contributed by atoms with Crippen molar-refractivity contribution in [3.8, 4) is 29.0 Å². The summed E-state index contributed by atoms with van der Waals surface area (Å²) >= 11 is 2.66. The zero-order valence-corrected chi connectivity index (χ0v) is 21.4. The third-order valence-corrected chi connectivity index (χ3v) is 7.03. The molecule has 0 saturated carbocycles. The number of nitrogens with two attached hydrogens (primary N) is 1. The Labute approximate surface area is 226 Å². The molecule has 1 unspecified atom stereocenters. The molecule has 4 rings (SSSR count). The Hall–Kier alpha value is -4.20. The summed E-state index contributed by atoms with van der Waals surface area (Å²) < 4.78 is 18.6. The molecule has 38 heavy (non-hydrogen) atoms. The van der Waals surface area contributed by atoms with Crippen molar-refractivity contribution in [2.75, 3.05) is 24.3 Å². The van der Waals surface area contributed by atoms with E-state index in [4.69, 9.17) is 15.6 Å². The second-order valence-corrected chi connectivity index (χ2v) is 9.71. The highest BCUT2D eigenvalue weighted by Crippen LogP contribution is 2.37. The highest BCUT2D eigenvalue weighted by Gasteiger charge is 2.21. The van der Waals surface area contributed by atoms with Gasteiger partial charge < -0.3 is 26.0 Å². The number of pyridine rings is 1. The van der Waals surface area contributed by atoms with Crippen LogP contribution in [0.2, 0.25) is 0 Å². The van der Waals surface area contributed by atoms with Crippen LogP contribution in [0.25, 0.3) is 11.1 Å². The van der Waals surface area contributed by atoms with Gasteiger partial charge in [-0.25, -0.2) is 14.4 Å². The Kier molecular flexibility index (Phi) is 8.73. The standard InChI is InChI=1S/C26H21FN6O3S2/c27-16-3-5-17(6-4-16)31-26-32-18(14-38-26)13-37-25-22(10-29)23(21(9-28)24(30)33-25)15-1-7-20(8-2-15)36-12-19(35)11-34/h1-8,14,19,34-35H,11-13H2,(H2,30,33)(H,31,32). The number of aromatic nitrogens is 2. The molecule has 2 aromatic carbocycles. The van der Waals surface area contributed by atoms with Crippen molar-refractivity contribution in [3.63, 3.8) is 0 Å². The molecule has 0 saturated heterocycles. The molecule has 0 aliphatic rings. The van der Waals surface area contributed by atoms with Gasteiger partial charge in [0.05, 0.1) is 17.9 Å². The number of nitrogen functional groups attached to an aromatic ring is 1. The molecule has 5 N–H and O–H groups in total. The number of nitrogens with zero attached hydrogens (tertiary/aromatic N) is 4. The second-order valence-electron chi connectivity index (χ2n) is 7.89. The van der Waals surface area contributed by atoms with Gasteiger partial charge in [0.15, 0.2) is 5.13 Å². The predicted molar refractivity (Wildman–Crippen MR) is 143 cm³/mol. The third kappa shape index (κ3) is 6.37. The van der Waals surface area contributed by atoms with Crippen molar-refractivity contribution in [1.29, 1.82) is 10.5 Å². The number of anilines is 3. The van der Waals surface area contributed by atoms with E-state index in [1.165, 1.54) is 35.2 Å². The molecule has 0 bridgehead atoms. The van der Waals surface area contributed by atoms with E-state index < -0.39 is 12.7 Å². The van der Waals surface area contributed by atoms with Crippen molar-refractivity contribution in [1.82, 2.24) is 9.97 Å². The molecule has 1 atom stereocenters. The monoisotopic (exact) mass is 548 g/mol. The number of benzene rings is 2. The number of aliphatic hydroxyl groups excluding tert-OH is 2. The first-order chi connectivity index (χ1) is 18.4. The van der Waals surface area contributed by atoms with Crippen LogP contribution in [0.3, 0.4) is 0 Å². The Morgan fingerprint density at radius 1 is 1.08 bits per heavy atom. The van der Waals surface area contributed by atoms with E-state index in [1.54, 1.807) is 36.4 Å². The molecule has 2 aromatic heterocycles. The lowest BCUT2D eigenvalue weighted by Gasteiger charge is -2.14. The van der Waals surface area contributed by atoms with Gasteiger partial charge >= 0.3 is 0 Å². The maximum Gasteiger partial charge on any atom is 0.187 e. The minimum absolute atomic E-state index is 0.00679. The fourth-order valence-corrected chi connectivity index (χ4v) is 5.11. The summed E-state index contributed by atoms with van der Waals surface area (Å²) in [4.78, 5) is 8.85.